The first kappa shape index (κ1) is 21.5. The van der Waals surface area contributed by atoms with Crippen LogP contribution < -0.4 is 15.8 Å². The van der Waals surface area contributed by atoms with Crippen LogP contribution in [-0.2, 0) is 14.8 Å². The summed E-state index contributed by atoms with van der Waals surface area (Å²) in [6.07, 6.45) is -1.04. The molecule has 0 bridgehead atoms. The quantitative estimate of drug-likeness (QED) is 0.402. The van der Waals surface area contributed by atoms with E-state index < -0.39 is 22.1 Å². The van der Waals surface area contributed by atoms with Crippen molar-refractivity contribution in [2.24, 2.45) is 10.1 Å². The number of nitrogens with two attached hydrogens (primary N) is 1. The molecule has 0 fully saturated rings. The van der Waals surface area contributed by atoms with Gasteiger partial charge in [0.05, 0.1) is 16.3 Å². The maximum atomic E-state index is 12.9. The Morgan fingerprint density at radius 1 is 0.882 bits per heavy atom. The Morgan fingerprint density at radius 2 is 1.59 bits per heavy atom. The van der Waals surface area contributed by atoms with Gasteiger partial charge in [0.25, 0.3) is 5.91 Å². The van der Waals surface area contributed by atoms with E-state index in [0.29, 0.717) is 17.0 Å². The Balaban J connectivity index is 1.45. The normalized spacial score (nSPS) is 15.6. The molecule has 10 nitrogen and oxygen atoms in total. The fraction of sp³-hybridized carbons (Fsp3) is 0.0435. The van der Waals surface area contributed by atoms with Gasteiger partial charge in [0.1, 0.15) is 0 Å². The number of carbonyl (C=O) groups is 1. The topological polar surface area (TPSA) is 153 Å². The molecule has 1 aliphatic heterocycles. The molecule has 2 heterocycles. The van der Waals surface area contributed by atoms with Crippen LogP contribution in [0.4, 0.5) is 11.7 Å². The summed E-state index contributed by atoms with van der Waals surface area (Å²) in [7, 11) is -3.81. The van der Waals surface area contributed by atoms with Crippen molar-refractivity contribution >= 4 is 33.3 Å². The van der Waals surface area contributed by atoms with Gasteiger partial charge in [-0.2, -0.15) is 0 Å². The van der Waals surface area contributed by atoms with Gasteiger partial charge in [0.2, 0.25) is 22.1 Å². The van der Waals surface area contributed by atoms with Gasteiger partial charge in [-0.1, -0.05) is 53.6 Å². The van der Waals surface area contributed by atoms with Crippen molar-refractivity contribution in [2.75, 3.05) is 10.6 Å². The summed E-state index contributed by atoms with van der Waals surface area (Å²) in [4.78, 5) is 17.6. The summed E-state index contributed by atoms with van der Waals surface area (Å²) in [5, 5.41) is 18.8. The lowest BCUT2D eigenvalue weighted by atomic mass is 10.0. The van der Waals surface area contributed by atoms with Gasteiger partial charge in [-0.05, 0) is 30.3 Å². The summed E-state index contributed by atoms with van der Waals surface area (Å²) in [6, 6.07) is 22.6. The van der Waals surface area contributed by atoms with E-state index in [0.717, 1.165) is 11.1 Å². The predicted molar refractivity (Wildman–Crippen MR) is 126 cm³/mol. The molecule has 4 N–H and O–H groups in total. The molecule has 1 aliphatic rings. The maximum absolute atomic E-state index is 12.9. The molecule has 3 aromatic carbocycles. The molecule has 1 unspecified atom stereocenters. The molecule has 34 heavy (non-hydrogen) atoms. The van der Waals surface area contributed by atoms with Crippen molar-refractivity contribution in [1.29, 1.82) is 0 Å². The minimum atomic E-state index is -3.81. The third-order valence-electron chi connectivity index (χ3n) is 5.11. The van der Waals surface area contributed by atoms with E-state index in [-0.39, 0.29) is 16.8 Å². The van der Waals surface area contributed by atoms with Crippen LogP contribution in [0.5, 0.6) is 0 Å². The number of anilines is 2. The van der Waals surface area contributed by atoms with Crippen LogP contribution in [0.25, 0.3) is 11.5 Å². The zero-order valence-corrected chi connectivity index (χ0v) is 18.4. The first-order valence-electron chi connectivity index (χ1n) is 10.2. The standard InChI is InChI=1S/C23H18N6O4S/c24-34(31,32)16-12-10-15(11-13-16)22-28-29-23(33-22)27-20-21(30)25-18-9-5-4-8-17(18)19(26-20)14-6-2-1-3-7-14/h1-13,20H,(H,25,30)(H,27,29)(H2,24,31,32). The van der Waals surface area contributed by atoms with Crippen molar-refractivity contribution < 1.29 is 17.6 Å². The first-order valence-corrected chi connectivity index (χ1v) is 11.7. The first-order chi connectivity index (χ1) is 16.4. The zero-order valence-electron chi connectivity index (χ0n) is 17.5. The fourth-order valence-corrected chi connectivity index (χ4v) is 4.00. The van der Waals surface area contributed by atoms with Crippen molar-refractivity contribution in [1.82, 2.24) is 10.2 Å². The molecule has 0 saturated carbocycles. The highest BCUT2D eigenvalue weighted by Gasteiger charge is 2.27. The van der Waals surface area contributed by atoms with Crippen molar-refractivity contribution in [2.45, 2.75) is 11.1 Å². The van der Waals surface area contributed by atoms with E-state index in [9.17, 15) is 13.2 Å². The van der Waals surface area contributed by atoms with E-state index in [1.807, 2.05) is 54.6 Å². The number of para-hydroxylation sites is 1. The molecule has 1 amide bonds. The van der Waals surface area contributed by atoms with Gasteiger partial charge < -0.3 is 15.1 Å². The minimum absolute atomic E-state index is 0.0206. The van der Waals surface area contributed by atoms with E-state index in [4.69, 9.17) is 9.56 Å². The number of hydrogen-bond donors (Lipinski definition) is 3. The number of rotatable bonds is 5. The second-order valence-electron chi connectivity index (χ2n) is 7.41. The maximum Gasteiger partial charge on any atom is 0.317 e. The van der Waals surface area contributed by atoms with Gasteiger partial charge in [-0.25, -0.2) is 18.5 Å². The molecule has 1 aromatic heterocycles. The number of aliphatic imine (C=N–C) groups is 1. The molecule has 11 heteroatoms. The number of carbonyl (C=O) groups excluding carboxylic acids is 1. The van der Waals surface area contributed by atoms with Gasteiger partial charge in [-0.3, -0.25) is 4.79 Å². The third kappa shape index (κ3) is 4.29. The van der Waals surface area contributed by atoms with E-state index in [2.05, 4.69) is 25.8 Å². The number of primary sulfonamides is 1. The molecule has 1 atom stereocenters. The molecule has 0 saturated heterocycles. The highest BCUT2D eigenvalue weighted by molar-refractivity contribution is 7.89. The molecule has 0 spiro atoms. The van der Waals surface area contributed by atoms with Crippen LogP contribution in [0.15, 0.2) is 93.2 Å². The molecule has 0 radical (unpaired) electrons. The van der Waals surface area contributed by atoms with Crippen LogP contribution in [0, 0.1) is 0 Å². The SMILES string of the molecule is NS(=O)(=O)c1ccc(-c2nnc(NC3N=C(c4ccccc4)c4ccccc4NC3=O)o2)cc1. The van der Waals surface area contributed by atoms with Gasteiger partial charge in [0, 0.05) is 16.7 Å². The Bertz CT molecular complexity index is 1500. The summed E-state index contributed by atoms with van der Waals surface area (Å²) < 4.78 is 28.5. The van der Waals surface area contributed by atoms with Crippen LogP contribution in [0.3, 0.4) is 0 Å². The highest BCUT2D eigenvalue weighted by Crippen LogP contribution is 2.26. The summed E-state index contributed by atoms with van der Waals surface area (Å²) >= 11 is 0. The smallest absolute Gasteiger partial charge is 0.317 e. The number of fused-ring (bicyclic) bond motifs is 1. The second-order valence-corrected chi connectivity index (χ2v) is 8.97. The van der Waals surface area contributed by atoms with Crippen LogP contribution in [0.2, 0.25) is 0 Å². The molecular weight excluding hydrogens is 456 g/mol. The Kier molecular flexibility index (Phi) is 5.40. The van der Waals surface area contributed by atoms with Crippen LogP contribution in [-0.4, -0.2) is 36.4 Å². The van der Waals surface area contributed by atoms with Crippen LogP contribution in [0.1, 0.15) is 11.1 Å². The van der Waals surface area contributed by atoms with Crippen molar-refractivity contribution in [3.05, 3.63) is 90.0 Å². The number of benzene rings is 3. The average molecular weight is 475 g/mol. The highest BCUT2D eigenvalue weighted by atomic mass is 32.2. The summed E-state index contributed by atoms with van der Waals surface area (Å²) in [5.74, 6) is -0.260. The molecule has 0 aliphatic carbocycles. The molecular formula is C23H18N6O4S. The molecule has 170 valence electrons. The molecule has 5 rings (SSSR count). The van der Waals surface area contributed by atoms with E-state index in [1.54, 1.807) is 0 Å². The number of benzodiazepines with no additional fused rings is 1. The monoisotopic (exact) mass is 474 g/mol. The summed E-state index contributed by atoms with van der Waals surface area (Å²) in [6.45, 7) is 0. The number of hydrogen-bond acceptors (Lipinski definition) is 8. The number of sulfonamides is 1. The lowest BCUT2D eigenvalue weighted by Gasteiger charge is -2.11. The van der Waals surface area contributed by atoms with Gasteiger partial charge in [-0.15, -0.1) is 5.10 Å². The largest absolute Gasteiger partial charge is 0.403 e. The van der Waals surface area contributed by atoms with Crippen LogP contribution >= 0.6 is 0 Å². The lowest BCUT2D eigenvalue weighted by molar-refractivity contribution is -0.116. The van der Waals surface area contributed by atoms with E-state index in [1.165, 1.54) is 24.3 Å². The van der Waals surface area contributed by atoms with Crippen molar-refractivity contribution in [3.8, 4) is 11.5 Å². The number of amides is 1. The lowest BCUT2D eigenvalue weighted by Crippen LogP contribution is -2.32. The van der Waals surface area contributed by atoms with E-state index >= 15 is 0 Å². The Morgan fingerprint density at radius 3 is 2.32 bits per heavy atom. The fourth-order valence-electron chi connectivity index (χ4n) is 3.48. The minimum Gasteiger partial charge on any atom is -0.403 e. The summed E-state index contributed by atoms with van der Waals surface area (Å²) in [5.41, 5.74) is 3.39. The van der Waals surface area contributed by atoms with Gasteiger partial charge in [0.15, 0.2) is 0 Å². The second kappa shape index (κ2) is 8.54. The molecule has 4 aromatic rings. The van der Waals surface area contributed by atoms with Crippen molar-refractivity contribution in [3.63, 3.8) is 0 Å². The number of nitrogens with zero attached hydrogens (tertiary/aromatic N) is 3. The predicted octanol–water partition coefficient (Wildman–Crippen LogP) is 2.61. The zero-order chi connectivity index (χ0) is 23.7. The van der Waals surface area contributed by atoms with Gasteiger partial charge >= 0.3 is 6.01 Å². The Hall–Kier alpha value is -4.35. The average Bonchev–Trinajstić information content (AvgIpc) is 3.25. The third-order valence-corrected chi connectivity index (χ3v) is 6.04. The Labute approximate surface area is 194 Å². The number of nitrogens with one attached hydrogen (secondary N) is 2. The number of aromatic nitrogens is 2.